The monoisotopic (exact) mass is 274 g/mol. The minimum Gasteiger partial charge on any atom is -0.492 e. The van der Waals surface area contributed by atoms with E-state index in [9.17, 15) is 4.79 Å². The van der Waals surface area contributed by atoms with Crippen LogP contribution in [0.4, 0.5) is 5.69 Å². The number of likely N-dealkylation sites (N-methyl/N-ethyl adjacent to an activating group) is 1. The number of rotatable bonds is 6. The molecule has 5 heteroatoms. The van der Waals surface area contributed by atoms with Crippen LogP contribution in [-0.2, 0) is 0 Å². The van der Waals surface area contributed by atoms with E-state index >= 15 is 0 Å². The third kappa shape index (κ3) is 4.13. The largest absolute Gasteiger partial charge is 0.492 e. The van der Waals surface area contributed by atoms with Crippen molar-refractivity contribution in [2.45, 2.75) is 0 Å². The topological polar surface area (TPSA) is 54.7 Å². The van der Waals surface area contributed by atoms with Gasteiger partial charge in [0.05, 0.1) is 6.26 Å². The second-order valence-corrected chi connectivity index (χ2v) is 4.61. The SMILES string of the molecule is CN(C)CCOc1ccc(NC(=O)c2ccco2)cc1. The fraction of sp³-hybridized carbons (Fsp3) is 0.267. The van der Waals surface area contributed by atoms with Crippen LogP contribution in [-0.4, -0.2) is 38.1 Å². The molecule has 0 radical (unpaired) electrons. The molecule has 2 rings (SSSR count). The van der Waals surface area contributed by atoms with Crippen molar-refractivity contribution in [2.75, 3.05) is 32.6 Å². The number of nitrogens with one attached hydrogen (secondary N) is 1. The number of carbonyl (C=O) groups is 1. The summed E-state index contributed by atoms with van der Waals surface area (Å²) in [4.78, 5) is 13.8. The molecule has 0 saturated heterocycles. The first-order valence-electron chi connectivity index (χ1n) is 6.37. The van der Waals surface area contributed by atoms with E-state index in [4.69, 9.17) is 9.15 Å². The molecule has 2 aromatic rings. The Morgan fingerprint density at radius 3 is 2.60 bits per heavy atom. The Kier molecular flexibility index (Phi) is 4.79. The predicted octanol–water partition coefficient (Wildman–Crippen LogP) is 2.47. The second kappa shape index (κ2) is 6.77. The van der Waals surface area contributed by atoms with Crippen molar-refractivity contribution in [2.24, 2.45) is 0 Å². The van der Waals surface area contributed by atoms with Crippen LogP contribution in [0.2, 0.25) is 0 Å². The minimum absolute atomic E-state index is 0.267. The zero-order valence-corrected chi connectivity index (χ0v) is 11.6. The number of hydrogen-bond acceptors (Lipinski definition) is 4. The van der Waals surface area contributed by atoms with Gasteiger partial charge < -0.3 is 19.4 Å². The summed E-state index contributed by atoms with van der Waals surface area (Å²) in [5.74, 6) is 0.801. The van der Waals surface area contributed by atoms with E-state index in [1.54, 1.807) is 24.3 Å². The Hall–Kier alpha value is -2.27. The molecule has 1 aromatic carbocycles. The number of anilines is 1. The van der Waals surface area contributed by atoms with Gasteiger partial charge in [0, 0.05) is 12.2 Å². The first-order valence-corrected chi connectivity index (χ1v) is 6.37. The summed E-state index contributed by atoms with van der Waals surface area (Å²) in [5, 5.41) is 2.75. The zero-order chi connectivity index (χ0) is 14.4. The normalized spacial score (nSPS) is 10.6. The van der Waals surface area contributed by atoms with Crippen molar-refractivity contribution < 1.29 is 13.9 Å². The Bertz CT molecular complexity index is 533. The Balaban J connectivity index is 1.87. The maximum absolute atomic E-state index is 11.8. The molecule has 20 heavy (non-hydrogen) atoms. The fourth-order valence-electron chi connectivity index (χ4n) is 1.58. The van der Waals surface area contributed by atoms with E-state index in [2.05, 4.69) is 10.2 Å². The van der Waals surface area contributed by atoms with Gasteiger partial charge in [-0.15, -0.1) is 0 Å². The van der Waals surface area contributed by atoms with Crippen molar-refractivity contribution in [1.29, 1.82) is 0 Å². The summed E-state index contributed by atoms with van der Waals surface area (Å²) in [5.41, 5.74) is 0.700. The highest BCUT2D eigenvalue weighted by Gasteiger charge is 2.08. The predicted molar refractivity (Wildman–Crippen MR) is 77.2 cm³/mol. The number of benzene rings is 1. The van der Waals surface area contributed by atoms with Crippen molar-refractivity contribution in [3.8, 4) is 5.75 Å². The number of ether oxygens (including phenoxy) is 1. The average Bonchev–Trinajstić information content (AvgIpc) is 2.94. The van der Waals surface area contributed by atoms with Gasteiger partial charge in [0.25, 0.3) is 5.91 Å². The van der Waals surface area contributed by atoms with Gasteiger partial charge >= 0.3 is 0 Å². The molecule has 0 aliphatic heterocycles. The molecule has 0 spiro atoms. The van der Waals surface area contributed by atoms with Crippen LogP contribution >= 0.6 is 0 Å². The van der Waals surface area contributed by atoms with E-state index in [0.29, 0.717) is 12.3 Å². The molecule has 0 bridgehead atoms. The highest BCUT2D eigenvalue weighted by atomic mass is 16.5. The number of furan rings is 1. The van der Waals surface area contributed by atoms with Gasteiger partial charge in [-0.05, 0) is 50.5 Å². The molecule has 1 amide bonds. The number of nitrogens with zero attached hydrogens (tertiary/aromatic N) is 1. The van der Waals surface area contributed by atoms with Gasteiger partial charge in [-0.1, -0.05) is 0 Å². The standard InChI is InChI=1S/C15H18N2O3/c1-17(2)9-11-19-13-7-5-12(6-8-13)16-15(18)14-4-3-10-20-14/h3-8,10H,9,11H2,1-2H3,(H,16,18). The third-order valence-electron chi connectivity index (χ3n) is 2.66. The van der Waals surface area contributed by atoms with Crippen molar-refractivity contribution in [3.63, 3.8) is 0 Å². The molecule has 0 fully saturated rings. The van der Waals surface area contributed by atoms with Crippen LogP contribution < -0.4 is 10.1 Å². The van der Waals surface area contributed by atoms with Gasteiger partial charge in [0.1, 0.15) is 12.4 Å². The molecule has 1 N–H and O–H groups in total. The van der Waals surface area contributed by atoms with Crippen LogP contribution in [0.5, 0.6) is 5.75 Å². The van der Waals surface area contributed by atoms with Gasteiger partial charge in [-0.25, -0.2) is 0 Å². The van der Waals surface area contributed by atoms with Crippen LogP contribution in [0.15, 0.2) is 47.1 Å². The molecule has 0 aliphatic rings. The lowest BCUT2D eigenvalue weighted by Crippen LogP contribution is -2.19. The summed E-state index contributed by atoms with van der Waals surface area (Å²) in [6, 6.07) is 10.5. The molecule has 1 heterocycles. The lowest BCUT2D eigenvalue weighted by atomic mass is 10.3. The second-order valence-electron chi connectivity index (χ2n) is 4.61. The molecular weight excluding hydrogens is 256 g/mol. The molecular formula is C15H18N2O3. The van der Waals surface area contributed by atoms with E-state index in [0.717, 1.165) is 12.3 Å². The van der Waals surface area contributed by atoms with Gasteiger partial charge in [-0.2, -0.15) is 0 Å². The van der Waals surface area contributed by atoms with E-state index in [-0.39, 0.29) is 11.7 Å². The summed E-state index contributed by atoms with van der Waals surface area (Å²) in [7, 11) is 3.99. The minimum atomic E-state index is -0.267. The first kappa shape index (κ1) is 14.1. The van der Waals surface area contributed by atoms with E-state index in [1.165, 1.54) is 6.26 Å². The summed E-state index contributed by atoms with van der Waals surface area (Å²) < 4.78 is 10.6. The van der Waals surface area contributed by atoms with Crippen molar-refractivity contribution in [1.82, 2.24) is 4.90 Å². The summed E-state index contributed by atoms with van der Waals surface area (Å²) in [6.07, 6.45) is 1.47. The average molecular weight is 274 g/mol. The molecule has 5 nitrogen and oxygen atoms in total. The van der Waals surface area contributed by atoms with Crippen molar-refractivity contribution in [3.05, 3.63) is 48.4 Å². The van der Waals surface area contributed by atoms with E-state index in [1.807, 2.05) is 26.2 Å². The quantitative estimate of drug-likeness (QED) is 0.879. The van der Waals surface area contributed by atoms with Crippen molar-refractivity contribution >= 4 is 11.6 Å². The molecule has 0 atom stereocenters. The lowest BCUT2D eigenvalue weighted by molar-refractivity contribution is 0.0996. The summed E-state index contributed by atoms with van der Waals surface area (Å²) >= 11 is 0. The number of hydrogen-bond donors (Lipinski definition) is 1. The molecule has 0 saturated carbocycles. The lowest BCUT2D eigenvalue weighted by Gasteiger charge is -2.11. The highest BCUT2D eigenvalue weighted by molar-refractivity contribution is 6.02. The smallest absolute Gasteiger partial charge is 0.291 e. The maximum atomic E-state index is 11.8. The van der Waals surface area contributed by atoms with Crippen LogP contribution in [0, 0.1) is 0 Å². The molecule has 106 valence electrons. The number of carbonyl (C=O) groups excluding carboxylic acids is 1. The third-order valence-corrected chi connectivity index (χ3v) is 2.66. The molecule has 0 unspecified atom stereocenters. The first-order chi connectivity index (χ1) is 9.65. The Morgan fingerprint density at radius 1 is 1.25 bits per heavy atom. The zero-order valence-electron chi connectivity index (χ0n) is 11.6. The van der Waals surface area contributed by atoms with Crippen LogP contribution in [0.3, 0.4) is 0 Å². The molecule has 1 aromatic heterocycles. The van der Waals surface area contributed by atoms with Gasteiger partial charge in [0.2, 0.25) is 0 Å². The Morgan fingerprint density at radius 2 is 2.00 bits per heavy atom. The maximum Gasteiger partial charge on any atom is 0.291 e. The van der Waals surface area contributed by atoms with E-state index < -0.39 is 0 Å². The summed E-state index contributed by atoms with van der Waals surface area (Å²) in [6.45, 7) is 1.49. The van der Waals surface area contributed by atoms with Crippen LogP contribution in [0.1, 0.15) is 10.6 Å². The highest BCUT2D eigenvalue weighted by Crippen LogP contribution is 2.16. The molecule has 0 aliphatic carbocycles. The fourth-order valence-corrected chi connectivity index (χ4v) is 1.58. The van der Waals surface area contributed by atoms with Crippen LogP contribution in [0.25, 0.3) is 0 Å². The number of amides is 1. The van der Waals surface area contributed by atoms with Gasteiger partial charge in [0.15, 0.2) is 5.76 Å². The van der Waals surface area contributed by atoms with Gasteiger partial charge in [-0.3, -0.25) is 4.79 Å². The Labute approximate surface area is 118 Å².